The molecule has 0 aliphatic carbocycles. The van der Waals surface area contributed by atoms with Crippen LogP contribution in [0.4, 0.5) is 0 Å². The van der Waals surface area contributed by atoms with Gasteiger partial charge in [-0.2, -0.15) is 10.2 Å². The fraction of sp³-hybridized carbons (Fsp3) is 0.571. The standard InChI is InChI=1S/C14H23N5O/c1-9-12(11(3)18(4)16-9)7-15-8-13-10(2)17-19(5)14(13)20-6/h15H,7-8H2,1-6H3. The molecule has 0 saturated heterocycles. The maximum Gasteiger partial charge on any atom is 0.216 e. The van der Waals surface area contributed by atoms with Crippen LogP contribution in [-0.4, -0.2) is 26.7 Å². The van der Waals surface area contributed by atoms with Crippen molar-refractivity contribution in [1.29, 1.82) is 0 Å². The number of aromatic nitrogens is 4. The fourth-order valence-electron chi connectivity index (χ4n) is 2.53. The number of nitrogens with zero attached hydrogens (tertiary/aromatic N) is 4. The Balaban J connectivity index is 2.07. The van der Waals surface area contributed by atoms with Crippen molar-refractivity contribution in [3.63, 3.8) is 0 Å². The van der Waals surface area contributed by atoms with E-state index in [1.807, 2.05) is 32.6 Å². The highest BCUT2D eigenvalue weighted by molar-refractivity contribution is 5.31. The van der Waals surface area contributed by atoms with Gasteiger partial charge >= 0.3 is 0 Å². The van der Waals surface area contributed by atoms with Crippen molar-refractivity contribution in [3.05, 3.63) is 28.2 Å². The number of hydrogen-bond acceptors (Lipinski definition) is 4. The zero-order chi connectivity index (χ0) is 14.9. The van der Waals surface area contributed by atoms with Gasteiger partial charge in [0.1, 0.15) is 0 Å². The zero-order valence-electron chi connectivity index (χ0n) is 13.1. The lowest BCUT2D eigenvalue weighted by atomic mass is 10.2. The van der Waals surface area contributed by atoms with Crippen molar-refractivity contribution in [2.45, 2.75) is 33.9 Å². The minimum Gasteiger partial charge on any atom is -0.481 e. The zero-order valence-corrected chi connectivity index (χ0v) is 13.1. The van der Waals surface area contributed by atoms with Gasteiger partial charge in [0.05, 0.1) is 24.1 Å². The predicted molar refractivity (Wildman–Crippen MR) is 77.7 cm³/mol. The van der Waals surface area contributed by atoms with E-state index in [0.29, 0.717) is 0 Å². The number of ether oxygens (including phenoxy) is 1. The summed E-state index contributed by atoms with van der Waals surface area (Å²) in [6.07, 6.45) is 0. The summed E-state index contributed by atoms with van der Waals surface area (Å²) in [7, 11) is 5.54. The molecule has 2 rings (SSSR count). The molecule has 2 heterocycles. The predicted octanol–water partition coefficient (Wildman–Crippen LogP) is 1.38. The molecule has 20 heavy (non-hydrogen) atoms. The summed E-state index contributed by atoms with van der Waals surface area (Å²) < 4.78 is 9.08. The molecule has 2 aromatic heterocycles. The third-order valence-electron chi connectivity index (χ3n) is 3.74. The first-order chi connectivity index (χ1) is 9.45. The molecule has 110 valence electrons. The second-order valence-corrected chi connectivity index (χ2v) is 5.07. The van der Waals surface area contributed by atoms with Crippen molar-refractivity contribution in [3.8, 4) is 5.88 Å². The third kappa shape index (κ3) is 2.56. The van der Waals surface area contributed by atoms with Gasteiger partial charge in [-0.1, -0.05) is 0 Å². The van der Waals surface area contributed by atoms with E-state index in [2.05, 4.69) is 22.4 Å². The van der Waals surface area contributed by atoms with Crippen LogP contribution in [0.2, 0.25) is 0 Å². The highest BCUT2D eigenvalue weighted by atomic mass is 16.5. The van der Waals surface area contributed by atoms with E-state index in [9.17, 15) is 0 Å². The van der Waals surface area contributed by atoms with E-state index < -0.39 is 0 Å². The van der Waals surface area contributed by atoms with E-state index in [1.54, 1.807) is 11.8 Å². The van der Waals surface area contributed by atoms with Gasteiger partial charge in [0, 0.05) is 38.4 Å². The molecule has 0 aromatic carbocycles. The lowest BCUT2D eigenvalue weighted by molar-refractivity contribution is 0.368. The number of hydrogen-bond donors (Lipinski definition) is 1. The largest absolute Gasteiger partial charge is 0.481 e. The van der Waals surface area contributed by atoms with Gasteiger partial charge in [0.15, 0.2) is 0 Å². The molecule has 0 spiro atoms. The van der Waals surface area contributed by atoms with Crippen LogP contribution in [-0.2, 0) is 27.2 Å². The molecule has 6 heteroatoms. The van der Waals surface area contributed by atoms with Gasteiger partial charge in [-0.25, -0.2) is 4.68 Å². The van der Waals surface area contributed by atoms with Crippen LogP contribution in [0.5, 0.6) is 5.88 Å². The van der Waals surface area contributed by atoms with Crippen molar-refractivity contribution in [2.75, 3.05) is 7.11 Å². The minimum absolute atomic E-state index is 0.733. The summed E-state index contributed by atoms with van der Waals surface area (Å²) in [5.41, 5.74) is 5.64. The highest BCUT2D eigenvalue weighted by Crippen LogP contribution is 2.21. The first-order valence-corrected chi connectivity index (χ1v) is 6.72. The summed E-state index contributed by atoms with van der Waals surface area (Å²) in [6, 6.07) is 0. The Morgan fingerprint density at radius 2 is 1.50 bits per heavy atom. The van der Waals surface area contributed by atoms with Gasteiger partial charge in [-0.15, -0.1) is 0 Å². The maximum absolute atomic E-state index is 5.40. The van der Waals surface area contributed by atoms with Crippen LogP contribution in [0, 0.1) is 20.8 Å². The molecule has 0 saturated carbocycles. The molecular formula is C14H23N5O. The molecule has 1 N–H and O–H groups in total. The van der Waals surface area contributed by atoms with E-state index in [0.717, 1.165) is 35.9 Å². The van der Waals surface area contributed by atoms with Gasteiger partial charge < -0.3 is 10.1 Å². The van der Waals surface area contributed by atoms with Crippen molar-refractivity contribution in [1.82, 2.24) is 24.9 Å². The molecule has 0 atom stereocenters. The van der Waals surface area contributed by atoms with Crippen molar-refractivity contribution in [2.24, 2.45) is 14.1 Å². The molecule has 0 radical (unpaired) electrons. The average Bonchev–Trinajstić information content (AvgIpc) is 2.79. The SMILES string of the molecule is COc1c(CNCc2c(C)nn(C)c2C)c(C)nn1C. The fourth-order valence-corrected chi connectivity index (χ4v) is 2.53. The molecule has 0 aliphatic rings. The lowest BCUT2D eigenvalue weighted by Gasteiger charge is -2.07. The second-order valence-electron chi connectivity index (χ2n) is 5.07. The van der Waals surface area contributed by atoms with Crippen LogP contribution in [0.3, 0.4) is 0 Å². The Morgan fingerprint density at radius 3 is 2.05 bits per heavy atom. The maximum atomic E-state index is 5.40. The van der Waals surface area contributed by atoms with Crippen molar-refractivity contribution >= 4 is 0 Å². The normalized spacial score (nSPS) is 11.1. The quantitative estimate of drug-likeness (QED) is 0.897. The van der Waals surface area contributed by atoms with Crippen LogP contribution >= 0.6 is 0 Å². The molecule has 0 amide bonds. The number of methoxy groups -OCH3 is 1. The topological polar surface area (TPSA) is 56.9 Å². The molecule has 6 nitrogen and oxygen atoms in total. The van der Waals surface area contributed by atoms with Crippen LogP contribution in [0.1, 0.15) is 28.2 Å². The molecule has 0 aliphatic heterocycles. The average molecular weight is 277 g/mol. The van der Waals surface area contributed by atoms with Gasteiger partial charge in [0.25, 0.3) is 0 Å². The lowest BCUT2D eigenvalue weighted by Crippen LogP contribution is -2.15. The second kappa shape index (κ2) is 5.66. The summed E-state index contributed by atoms with van der Waals surface area (Å²) in [6.45, 7) is 7.66. The third-order valence-corrected chi connectivity index (χ3v) is 3.74. The van der Waals surface area contributed by atoms with Crippen LogP contribution in [0.15, 0.2) is 0 Å². The molecule has 0 unspecified atom stereocenters. The highest BCUT2D eigenvalue weighted by Gasteiger charge is 2.14. The summed E-state index contributed by atoms with van der Waals surface area (Å²) in [4.78, 5) is 0. The first kappa shape index (κ1) is 14.6. The monoisotopic (exact) mass is 277 g/mol. The molecule has 0 fully saturated rings. The van der Waals surface area contributed by atoms with E-state index >= 15 is 0 Å². The Labute approximate surface area is 119 Å². The molecule has 0 bridgehead atoms. The van der Waals surface area contributed by atoms with Gasteiger partial charge in [0.2, 0.25) is 5.88 Å². The summed E-state index contributed by atoms with van der Waals surface area (Å²) in [5.74, 6) is 0.814. The molecule has 2 aromatic rings. The van der Waals surface area contributed by atoms with E-state index in [4.69, 9.17) is 4.74 Å². The Morgan fingerprint density at radius 1 is 0.950 bits per heavy atom. The van der Waals surface area contributed by atoms with Gasteiger partial charge in [-0.05, 0) is 20.8 Å². The first-order valence-electron chi connectivity index (χ1n) is 6.72. The number of rotatable bonds is 5. The van der Waals surface area contributed by atoms with E-state index in [-0.39, 0.29) is 0 Å². The van der Waals surface area contributed by atoms with Gasteiger partial charge in [-0.3, -0.25) is 4.68 Å². The number of aryl methyl sites for hydroxylation is 4. The Hall–Kier alpha value is -1.82. The summed E-state index contributed by atoms with van der Waals surface area (Å²) in [5, 5.41) is 12.3. The van der Waals surface area contributed by atoms with Crippen LogP contribution < -0.4 is 10.1 Å². The summed E-state index contributed by atoms with van der Waals surface area (Å²) >= 11 is 0. The Kier molecular flexibility index (Phi) is 4.13. The Bertz CT molecular complexity index is 612. The smallest absolute Gasteiger partial charge is 0.216 e. The van der Waals surface area contributed by atoms with Crippen LogP contribution in [0.25, 0.3) is 0 Å². The molecular weight excluding hydrogens is 254 g/mol. The van der Waals surface area contributed by atoms with E-state index in [1.165, 1.54) is 11.3 Å². The number of nitrogens with one attached hydrogen (secondary N) is 1. The minimum atomic E-state index is 0.733. The van der Waals surface area contributed by atoms with Crippen molar-refractivity contribution < 1.29 is 4.74 Å².